The molecule has 0 bridgehead atoms. The van der Waals surface area contributed by atoms with Crippen molar-refractivity contribution >= 4 is 88.6 Å². The summed E-state index contributed by atoms with van der Waals surface area (Å²) in [6, 6.07) is 38.4. The molecule has 3 aliphatic rings. The van der Waals surface area contributed by atoms with Crippen LogP contribution in [0.2, 0.25) is 0 Å². The monoisotopic (exact) mass is 1130 g/mol. The number of thiazole rings is 1. The van der Waals surface area contributed by atoms with Crippen LogP contribution in [0.1, 0.15) is 150 Å². The van der Waals surface area contributed by atoms with Crippen molar-refractivity contribution in [1.82, 2.24) is 0 Å². The van der Waals surface area contributed by atoms with Crippen molar-refractivity contribution < 1.29 is 9.36 Å². The fraction of sp³-hybridized carbons (Fsp3) is 0.359. The Morgan fingerprint density at radius 1 is 0.740 bits per heavy atom. The number of aromatic nitrogens is 1. The van der Waals surface area contributed by atoms with Crippen molar-refractivity contribution in [3.05, 3.63) is 190 Å². The molecule has 0 radical (unpaired) electrons. The molecule has 1 N–H and O–H groups in total. The Morgan fingerprint density at radius 2 is 1.37 bits per heavy atom. The van der Waals surface area contributed by atoms with Gasteiger partial charge in [0, 0.05) is 61.1 Å². The van der Waals surface area contributed by atoms with E-state index in [-0.39, 0.29) is 16.9 Å². The number of allylic oxidation sites excluding steroid dienone is 3. The second kappa shape index (κ2) is 24.5. The Balaban J connectivity index is 0.995. The second-order valence-electron chi connectivity index (χ2n) is 20.0. The topological polar surface area (TPSA) is 52.4 Å². The first-order valence-corrected chi connectivity index (χ1v) is 30.0. The van der Waals surface area contributed by atoms with Crippen LogP contribution in [-0.2, 0) is 29.6 Å². The summed E-state index contributed by atoms with van der Waals surface area (Å²) in [6.45, 7) is 16.5. The van der Waals surface area contributed by atoms with Crippen LogP contribution in [0.5, 0.6) is 0 Å². The van der Waals surface area contributed by atoms with Gasteiger partial charge >= 0.3 is 0 Å². The van der Waals surface area contributed by atoms with E-state index in [1.165, 1.54) is 90.3 Å². The molecule has 9 rings (SSSR count). The van der Waals surface area contributed by atoms with E-state index in [4.69, 9.17) is 12.0 Å². The van der Waals surface area contributed by atoms with Crippen molar-refractivity contribution in [2.24, 2.45) is 0 Å². The van der Waals surface area contributed by atoms with E-state index in [0.717, 1.165) is 111 Å². The van der Waals surface area contributed by atoms with Crippen molar-refractivity contribution in [3.8, 4) is 11.1 Å². The van der Waals surface area contributed by atoms with Gasteiger partial charge in [-0.3, -0.25) is 10.2 Å². The van der Waals surface area contributed by atoms with Gasteiger partial charge in [0.05, 0.1) is 17.3 Å². The number of carbonyl (C=O) groups excluding carboxylic acids is 1. The predicted octanol–water partition coefficient (Wildman–Crippen LogP) is 18.5. The zero-order chi connectivity index (χ0) is 50.9. The summed E-state index contributed by atoms with van der Waals surface area (Å²) in [5.74, 6) is 2.29. The highest BCUT2D eigenvalue weighted by molar-refractivity contribution is 9.10. The first kappa shape index (κ1) is 52.8. The number of hydrogen-bond acceptors (Lipinski definition) is 5. The largest absolute Gasteiger partial charge is 0.335 e. The number of carbonyl (C=O) groups is 1. The third kappa shape index (κ3) is 11.2. The third-order valence-electron chi connectivity index (χ3n) is 15.1. The van der Waals surface area contributed by atoms with E-state index < -0.39 is 0 Å². The lowest BCUT2D eigenvalue weighted by atomic mass is 9.68. The van der Waals surface area contributed by atoms with Gasteiger partial charge in [-0.05, 0) is 138 Å². The minimum Gasteiger partial charge on any atom is -0.335 e. The van der Waals surface area contributed by atoms with Crippen molar-refractivity contribution in [2.75, 3.05) is 11.4 Å². The summed E-state index contributed by atoms with van der Waals surface area (Å²) in [5.41, 5.74) is 13.5. The van der Waals surface area contributed by atoms with Gasteiger partial charge < -0.3 is 4.90 Å². The highest BCUT2D eigenvalue weighted by atomic mass is 79.9. The molecule has 374 valence electrons. The Kier molecular flexibility index (Phi) is 17.7. The highest BCUT2D eigenvalue weighted by Gasteiger charge is 2.45. The number of anilines is 1. The second-order valence-corrected chi connectivity index (χ2v) is 23.9. The van der Waals surface area contributed by atoms with E-state index in [9.17, 15) is 4.79 Å². The Morgan fingerprint density at radius 3 is 2.03 bits per heavy atom. The van der Waals surface area contributed by atoms with Crippen LogP contribution in [0.4, 0.5) is 5.69 Å². The molecule has 0 fully saturated rings. The van der Waals surface area contributed by atoms with E-state index in [1.54, 1.807) is 23.1 Å². The number of ketones is 1. The number of fused-ring (bicyclic) bond motifs is 5. The number of nitrogens with one attached hydrogen (secondary N) is 1. The van der Waals surface area contributed by atoms with Gasteiger partial charge in [0.15, 0.2) is 12.3 Å². The third-order valence-corrected chi connectivity index (χ3v) is 18.3. The molecule has 0 saturated carbocycles. The Labute approximate surface area is 459 Å². The predicted molar refractivity (Wildman–Crippen MR) is 315 cm³/mol. The maximum atomic E-state index is 14.3. The number of unbranched alkanes of at least 4 members (excludes halogenated alkanes) is 10. The molecule has 0 atom stereocenters. The summed E-state index contributed by atoms with van der Waals surface area (Å²) in [6.07, 6.45) is 23.5. The number of rotatable bonds is 24. The molecule has 9 heteroatoms. The highest BCUT2D eigenvalue weighted by Crippen LogP contribution is 2.57. The fourth-order valence-corrected chi connectivity index (χ4v) is 14.4. The normalized spacial score (nSPS) is 15.5. The summed E-state index contributed by atoms with van der Waals surface area (Å²) < 4.78 is 5.76. The first-order chi connectivity index (χ1) is 35.7. The minimum atomic E-state index is -0.286. The summed E-state index contributed by atoms with van der Waals surface area (Å²) in [5, 5.41) is 10.1. The molecule has 0 unspecified atom stereocenters. The maximum absolute atomic E-state index is 14.3. The van der Waals surface area contributed by atoms with E-state index in [0.29, 0.717) is 16.7 Å². The van der Waals surface area contributed by atoms with Gasteiger partial charge in [0.1, 0.15) is 4.70 Å². The molecule has 0 saturated heterocycles. The number of thioether (sulfide) groups is 1. The lowest BCUT2D eigenvalue weighted by Crippen LogP contribution is -2.35. The van der Waals surface area contributed by atoms with E-state index in [1.807, 2.05) is 18.2 Å². The number of benzene rings is 5. The van der Waals surface area contributed by atoms with Gasteiger partial charge in [-0.1, -0.05) is 188 Å². The van der Waals surface area contributed by atoms with Crippen LogP contribution in [0, 0.1) is 12.0 Å². The average Bonchev–Trinajstić information content (AvgIpc) is 4.04. The Hall–Kier alpha value is -5.07. The number of halogens is 2. The zero-order valence-electron chi connectivity index (χ0n) is 42.7. The van der Waals surface area contributed by atoms with Crippen LogP contribution >= 0.6 is 55.0 Å². The molecule has 0 amide bonds. The molecule has 6 aromatic rings. The molecule has 2 heterocycles. The molecule has 5 aromatic carbocycles. The minimum absolute atomic E-state index is 0.0675. The first-order valence-electron chi connectivity index (χ1n) is 26.8. The SMILES string of the molecule is [C-]#[N+]C(=C=N)C1=C(/C=C2\Sc3ccccc3N2CCCC)C(=O)/C1=C\c1sc2ccccc2[n+]1CCCCCCC1(c2cc(CCCCCC)cc(CCCCCC)c2)c2cc(Br)ccc2-c2ccc(Br)cc21. The Bertz CT molecular complexity index is 3140. The van der Waals surface area contributed by atoms with E-state index >= 15 is 0 Å². The van der Waals surface area contributed by atoms with Gasteiger partial charge in [-0.25, -0.2) is 4.85 Å². The van der Waals surface area contributed by atoms with Crippen LogP contribution in [0.3, 0.4) is 0 Å². The molecular weight excluding hydrogens is 1060 g/mol. The molecular formula is C64H67Br2N4OS2+. The molecule has 1 aromatic heterocycles. The molecule has 2 aliphatic carbocycles. The lowest BCUT2D eigenvalue weighted by molar-refractivity contribution is -0.669. The summed E-state index contributed by atoms with van der Waals surface area (Å²) in [7, 11) is 0. The van der Waals surface area contributed by atoms with Crippen molar-refractivity contribution in [2.45, 2.75) is 147 Å². The van der Waals surface area contributed by atoms with Crippen LogP contribution in [-0.4, -0.2) is 18.2 Å². The molecule has 1 aliphatic heterocycles. The maximum Gasteiger partial charge on any atom is 0.263 e. The van der Waals surface area contributed by atoms with Crippen molar-refractivity contribution in [1.29, 1.82) is 5.41 Å². The van der Waals surface area contributed by atoms with Gasteiger partial charge in [-0.15, -0.1) is 0 Å². The zero-order valence-corrected chi connectivity index (χ0v) is 47.5. The smallest absolute Gasteiger partial charge is 0.263 e. The standard InChI is InChI=1S/C64H67Br2N4OS2/c1-5-8-11-15-23-44-36-45(24-16-12-9-6-2)38-46(37-44)64(53-39-47(65)29-31-49(53)50-32-30-48(66)40-54(50)64)33-21-13-14-22-35-70-57-26-18-20-28-59(57)73-61(70)42-52-62(55(43-67)68-4)51(63(52)71)41-60-69(34-10-7-3)56-25-17-19-27-58(56)72-60/h17-20,25-32,36-42,67H,5-16,21-24,33-35H2,1-3H3/q+1. The summed E-state index contributed by atoms with van der Waals surface area (Å²) in [4.78, 5) is 21.5. The number of hydrogen-bond donors (Lipinski definition) is 1. The lowest BCUT2D eigenvalue weighted by Gasteiger charge is -2.34. The summed E-state index contributed by atoms with van der Waals surface area (Å²) >= 11 is 11.2. The van der Waals surface area contributed by atoms with E-state index in [2.05, 4.69) is 170 Å². The number of aryl methyl sites for hydroxylation is 3. The fourth-order valence-electron chi connectivity index (χ4n) is 11.4. The van der Waals surface area contributed by atoms with Crippen LogP contribution in [0.15, 0.2) is 150 Å². The van der Waals surface area contributed by atoms with Gasteiger partial charge in [0.25, 0.3) is 10.7 Å². The van der Waals surface area contributed by atoms with Crippen LogP contribution in [0.25, 0.3) is 32.3 Å². The average molecular weight is 1130 g/mol. The molecule has 0 spiro atoms. The number of para-hydroxylation sites is 2. The molecule has 5 nitrogen and oxygen atoms in total. The quantitative estimate of drug-likeness (QED) is 0.0216. The van der Waals surface area contributed by atoms with Gasteiger partial charge in [-0.2, -0.15) is 4.57 Å². The molecule has 73 heavy (non-hydrogen) atoms. The van der Waals surface area contributed by atoms with Crippen LogP contribution < -0.4 is 9.47 Å². The number of nitrogens with zero attached hydrogens (tertiary/aromatic N) is 3. The van der Waals surface area contributed by atoms with Gasteiger partial charge in [0.2, 0.25) is 5.52 Å². The number of Topliss-reactive ketones (excluding diaryl/α,β-unsaturated/α-hetero) is 1. The van der Waals surface area contributed by atoms with Crippen molar-refractivity contribution in [3.63, 3.8) is 0 Å².